The zero-order valence-electron chi connectivity index (χ0n) is 10.5. The first kappa shape index (κ1) is 13.3. The number of fused-ring (bicyclic) bond motifs is 2. The van der Waals surface area contributed by atoms with Gasteiger partial charge in [0.2, 0.25) is 0 Å². The molecule has 1 heterocycles. The van der Waals surface area contributed by atoms with Crippen LogP contribution in [-0.4, -0.2) is 10.1 Å². The Kier molecular flexibility index (Phi) is 3.50. The minimum Gasteiger partial charge on any atom is -0.382 e. The largest absolute Gasteiger partial charge is 0.382 e. The fraction of sp³-hybridized carbons (Fsp3) is 0.267. The van der Waals surface area contributed by atoms with Gasteiger partial charge in [-0.3, -0.25) is 4.98 Å². The third-order valence-corrected chi connectivity index (χ3v) is 5.18. The zero-order valence-corrected chi connectivity index (χ0v) is 13.6. The van der Waals surface area contributed by atoms with Crippen molar-refractivity contribution in [2.45, 2.75) is 25.9 Å². The Morgan fingerprint density at radius 3 is 2.84 bits per heavy atom. The molecular weight excluding hydrogens is 370 g/mol. The lowest BCUT2D eigenvalue weighted by Gasteiger charge is -2.15. The van der Waals surface area contributed by atoms with E-state index in [9.17, 15) is 5.11 Å². The average molecular weight is 383 g/mol. The van der Waals surface area contributed by atoms with Gasteiger partial charge in [0.05, 0.1) is 5.69 Å². The summed E-state index contributed by atoms with van der Waals surface area (Å²) in [6, 6.07) is 6.10. The second-order valence-electron chi connectivity index (χ2n) is 4.86. The van der Waals surface area contributed by atoms with Gasteiger partial charge < -0.3 is 5.11 Å². The summed E-state index contributed by atoms with van der Waals surface area (Å²) in [6.07, 6.45) is 2.92. The van der Waals surface area contributed by atoms with Gasteiger partial charge in [0.25, 0.3) is 0 Å². The van der Waals surface area contributed by atoms with Gasteiger partial charge in [-0.2, -0.15) is 0 Å². The summed E-state index contributed by atoms with van der Waals surface area (Å²) >= 11 is 7.09. The SMILES string of the molecule is Cc1ccc2c(c1Br)CCc1cc(Br)cnc1C2O. The molecule has 0 bridgehead atoms. The highest BCUT2D eigenvalue weighted by molar-refractivity contribution is 9.10. The minimum absolute atomic E-state index is 0.641. The Hall–Kier alpha value is -0.710. The Morgan fingerprint density at radius 1 is 1.26 bits per heavy atom. The molecule has 1 N–H and O–H groups in total. The van der Waals surface area contributed by atoms with E-state index in [-0.39, 0.29) is 0 Å². The number of aryl methyl sites for hydroxylation is 2. The number of pyridine rings is 1. The highest BCUT2D eigenvalue weighted by Gasteiger charge is 2.24. The van der Waals surface area contributed by atoms with Crippen LogP contribution in [0, 0.1) is 6.92 Å². The van der Waals surface area contributed by atoms with Crippen molar-refractivity contribution >= 4 is 31.9 Å². The first-order chi connectivity index (χ1) is 9.08. The number of nitrogens with zero attached hydrogens (tertiary/aromatic N) is 1. The summed E-state index contributed by atoms with van der Waals surface area (Å²) in [7, 11) is 0. The van der Waals surface area contributed by atoms with E-state index in [4.69, 9.17) is 0 Å². The van der Waals surface area contributed by atoms with Crippen molar-refractivity contribution < 1.29 is 5.11 Å². The Labute approximate surface area is 129 Å². The highest BCUT2D eigenvalue weighted by atomic mass is 79.9. The molecule has 0 fully saturated rings. The molecule has 1 unspecified atom stereocenters. The molecule has 0 spiro atoms. The molecule has 0 saturated heterocycles. The van der Waals surface area contributed by atoms with Gasteiger partial charge in [0.15, 0.2) is 0 Å². The van der Waals surface area contributed by atoms with Gasteiger partial charge in [-0.1, -0.05) is 28.1 Å². The molecule has 1 aromatic heterocycles. The number of hydrogen-bond donors (Lipinski definition) is 1. The van der Waals surface area contributed by atoms with Crippen LogP contribution in [0.1, 0.15) is 34.1 Å². The normalized spacial score (nSPS) is 17.6. The summed E-state index contributed by atoms with van der Waals surface area (Å²) in [5, 5.41) is 10.6. The van der Waals surface area contributed by atoms with E-state index < -0.39 is 6.10 Å². The van der Waals surface area contributed by atoms with E-state index >= 15 is 0 Å². The van der Waals surface area contributed by atoms with Crippen LogP contribution in [-0.2, 0) is 12.8 Å². The number of hydrogen-bond acceptors (Lipinski definition) is 2. The first-order valence-corrected chi connectivity index (χ1v) is 7.77. The van der Waals surface area contributed by atoms with E-state index in [1.165, 1.54) is 11.1 Å². The van der Waals surface area contributed by atoms with Crippen LogP contribution in [0.25, 0.3) is 0 Å². The van der Waals surface area contributed by atoms with E-state index in [2.05, 4.69) is 49.8 Å². The summed E-state index contributed by atoms with van der Waals surface area (Å²) in [5.74, 6) is 0. The Morgan fingerprint density at radius 2 is 2.05 bits per heavy atom. The highest BCUT2D eigenvalue weighted by Crippen LogP contribution is 2.36. The van der Waals surface area contributed by atoms with Crippen molar-refractivity contribution in [3.8, 4) is 0 Å². The fourth-order valence-electron chi connectivity index (χ4n) is 2.61. The van der Waals surface area contributed by atoms with Crippen molar-refractivity contribution in [2.75, 3.05) is 0 Å². The number of aliphatic hydroxyl groups is 1. The smallest absolute Gasteiger partial charge is 0.122 e. The fourth-order valence-corrected chi connectivity index (χ4v) is 3.55. The zero-order chi connectivity index (χ0) is 13.6. The van der Waals surface area contributed by atoms with Crippen LogP contribution in [0.2, 0.25) is 0 Å². The van der Waals surface area contributed by atoms with Crippen molar-refractivity contribution in [1.29, 1.82) is 0 Å². The lowest BCUT2D eigenvalue weighted by molar-refractivity contribution is 0.214. The van der Waals surface area contributed by atoms with Gasteiger partial charge in [0, 0.05) is 15.1 Å². The Balaban J connectivity index is 2.19. The molecule has 3 rings (SSSR count). The predicted octanol–water partition coefficient (Wildman–Crippen LogP) is 4.10. The molecule has 0 aliphatic heterocycles. The number of aliphatic hydroxyl groups excluding tert-OH is 1. The van der Waals surface area contributed by atoms with Gasteiger partial charge in [-0.05, 0) is 64.0 Å². The molecule has 0 radical (unpaired) electrons. The average Bonchev–Trinajstić information content (AvgIpc) is 2.52. The van der Waals surface area contributed by atoms with Crippen LogP contribution in [0.5, 0.6) is 0 Å². The lowest BCUT2D eigenvalue weighted by Crippen LogP contribution is -2.05. The van der Waals surface area contributed by atoms with E-state index in [1.54, 1.807) is 6.20 Å². The summed E-state index contributed by atoms with van der Waals surface area (Å²) in [6.45, 7) is 2.07. The molecule has 1 aliphatic carbocycles. The topological polar surface area (TPSA) is 33.1 Å². The molecule has 0 amide bonds. The van der Waals surface area contributed by atoms with Crippen LogP contribution in [0.4, 0.5) is 0 Å². The molecule has 1 aliphatic rings. The van der Waals surface area contributed by atoms with Gasteiger partial charge in [-0.25, -0.2) is 0 Å². The van der Waals surface area contributed by atoms with Crippen molar-refractivity contribution in [2.24, 2.45) is 0 Å². The Bertz CT molecular complexity index is 655. The predicted molar refractivity (Wildman–Crippen MR) is 82.3 cm³/mol. The van der Waals surface area contributed by atoms with Gasteiger partial charge >= 0.3 is 0 Å². The quantitative estimate of drug-likeness (QED) is 0.744. The summed E-state index contributed by atoms with van der Waals surface area (Å²) in [5.41, 5.74) is 5.25. The van der Waals surface area contributed by atoms with Crippen molar-refractivity contribution in [1.82, 2.24) is 4.98 Å². The summed E-state index contributed by atoms with van der Waals surface area (Å²) < 4.78 is 2.07. The molecule has 19 heavy (non-hydrogen) atoms. The maximum Gasteiger partial charge on any atom is 0.122 e. The minimum atomic E-state index is -0.641. The van der Waals surface area contributed by atoms with Crippen LogP contribution >= 0.6 is 31.9 Å². The van der Waals surface area contributed by atoms with Gasteiger partial charge in [-0.15, -0.1) is 0 Å². The first-order valence-electron chi connectivity index (χ1n) is 6.18. The van der Waals surface area contributed by atoms with Crippen molar-refractivity contribution in [3.63, 3.8) is 0 Å². The van der Waals surface area contributed by atoms with E-state index in [1.807, 2.05) is 12.1 Å². The van der Waals surface area contributed by atoms with Crippen molar-refractivity contribution in [3.05, 3.63) is 61.3 Å². The van der Waals surface area contributed by atoms with Gasteiger partial charge in [0.1, 0.15) is 6.10 Å². The molecule has 2 nitrogen and oxygen atoms in total. The number of aromatic nitrogens is 1. The van der Waals surface area contributed by atoms with Crippen LogP contribution in [0.3, 0.4) is 0 Å². The molecule has 2 aromatic rings. The maximum absolute atomic E-state index is 10.6. The molecule has 1 aromatic carbocycles. The maximum atomic E-state index is 10.6. The number of halogens is 2. The number of rotatable bonds is 0. The second kappa shape index (κ2) is 5.00. The standard InChI is InChI=1S/C15H13Br2NO/c1-8-2-4-12-11(13(8)17)5-3-9-6-10(16)7-18-14(9)15(12)19/h2,4,6-7,15,19H,3,5H2,1H3. The molecule has 4 heteroatoms. The van der Waals surface area contributed by atoms with E-state index in [0.717, 1.165) is 38.6 Å². The number of benzene rings is 1. The second-order valence-corrected chi connectivity index (χ2v) is 6.57. The van der Waals surface area contributed by atoms with Crippen LogP contribution < -0.4 is 0 Å². The van der Waals surface area contributed by atoms with Crippen LogP contribution in [0.15, 0.2) is 33.3 Å². The molecular formula is C15H13Br2NO. The monoisotopic (exact) mass is 381 g/mol. The molecule has 0 saturated carbocycles. The third-order valence-electron chi connectivity index (χ3n) is 3.64. The molecule has 98 valence electrons. The molecule has 1 atom stereocenters. The van der Waals surface area contributed by atoms with E-state index in [0.29, 0.717) is 0 Å². The summed E-state index contributed by atoms with van der Waals surface area (Å²) in [4.78, 5) is 4.40. The lowest BCUT2D eigenvalue weighted by atomic mass is 9.98. The third kappa shape index (κ3) is 2.26.